The van der Waals surface area contributed by atoms with Crippen LogP contribution in [0.4, 0.5) is 8.78 Å². The van der Waals surface area contributed by atoms with E-state index in [4.69, 9.17) is 4.74 Å². The number of alkyl halides is 2. The van der Waals surface area contributed by atoms with Gasteiger partial charge in [0.15, 0.2) is 16.7 Å². The van der Waals surface area contributed by atoms with Gasteiger partial charge in [0, 0.05) is 12.2 Å². The molecule has 0 radical (unpaired) electrons. The van der Waals surface area contributed by atoms with Crippen LogP contribution in [0.2, 0.25) is 0 Å². The summed E-state index contributed by atoms with van der Waals surface area (Å²) in [5, 5.41) is 11.5. The predicted octanol–water partition coefficient (Wildman–Crippen LogP) is 3.95. The maximum atomic E-state index is 12.6. The predicted molar refractivity (Wildman–Crippen MR) is 118 cm³/mol. The summed E-state index contributed by atoms with van der Waals surface area (Å²) in [6, 6.07) is 10.8. The van der Waals surface area contributed by atoms with Gasteiger partial charge in [0.2, 0.25) is 5.91 Å². The molecule has 3 aromatic rings. The molecule has 0 fully saturated rings. The standard InChI is InChI=1S/C22H24F2N4O3S/c1-14-4-6-17(10-15(14)2)28-13-26-27-22(28)32-12-20(29)25-9-8-16-5-7-18(30-3)19(11-16)31-21(23)24/h4-7,10-11,13,21H,8-9,12H2,1-3H3,(H,25,29). The zero-order valence-corrected chi connectivity index (χ0v) is 18.8. The largest absolute Gasteiger partial charge is 0.493 e. The second kappa shape index (κ2) is 10.9. The average Bonchev–Trinajstić information content (AvgIpc) is 3.23. The number of aryl methyl sites for hydroxylation is 2. The summed E-state index contributed by atoms with van der Waals surface area (Å²) in [5.74, 6) is 0.198. The Morgan fingerprint density at radius 3 is 2.69 bits per heavy atom. The highest BCUT2D eigenvalue weighted by Gasteiger charge is 2.13. The zero-order chi connectivity index (χ0) is 23.1. The molecule has 7 nitrogen and oxygen atoms in total. The summed E-state index contributed by atoms with van der Waals surface area (Å²) < 4.78 is 36.4. The van der Waals surface area contributed by atoms with Gasteiger partial charge in [-0.25, -0.2) is 0 Å². The van der Waals surface area contributed by atoms with Gasteiger partial charge in [0.1, 0.15) is 6.33 Å². The van der Waals surface area contributed by atoms with Crippen molar-refractivity contribution in [3.8, 4) is 17.2 Å². The van der Waals surface area contributed by atoms with Crippen LogP contribution in [0.5, 0.6) is 11.5 Å². The molecule has 1 N–H and O–H groups in total. The van der Waals surface area contributed by atoms with Crippen LogP contribution in [0.1, 0.15) is 16.7 Å². The van der Waals surface area contributed by atoms with Gasteiger partial charge < -0.3 is 14.8 Å². The molecule has 170 valence electrons. The summed E-state index contributed by atoms with van der Waals surface area (Å²) in [6.45, 7) is 1.49. The third-order valence-electron chi connectivity index (χ3n) is 4.80. The topological polar surface area (TPSA) is 78.3 Å². The van der Waals surface area contributed by atoms with Gasteiger partial charge in [-0.3, -0.25) is 9.36 Å². The Kier molecular flexibility index (Phi) is 8.04. The molecule has 0 aliphatic heterocycles. The minimum absolute atomic E-state index is 0.0347. The van der Waals surface area contributed by atoms with E-state index >= 15 is 0 Å². The van der Waals surface area contributed by atoms with Gasteiger partial charge in [-0.05, 0) is 61.2 Å². The Hall–Kier alpha value is -3.14. The van der Waals surface area contributed by atoms with Crippen LogP contribution in [0.25, 0.3) is 5.69 Å². The minimum Gasteiger partial charge on any atom is -0.493 e. The Balaban J connectivity index is 1.51. The molecular formula is C22H24F2N4O3S. The van der Waals surface area contributed by atoms with Gasteiger partial charge in [0.25, 0.3) is 0 Å². The highest BCUT2D eigenvalue weighted by atomic mass is 32.2. The summed E-state index contributed by atoms with van der Waals surface area (Å²) in [5.41, 5.74) is 4.02. The van der Waals surface area contributed by atoms with Crippen LogP contribution in [-0.4, -0.2) is 46.7 Å². The molecule has 3 rings (SSSR count). The number of ether oxygens (including phenoxy) is 2. The Bertz CT molecular complexity index is 1080. The second-order valence-electron chi connectivity index (χ2n) is 7.00. The van der Waals surface area contributed by atoms with Crippen molar-refractivity contribution in [2.45, 2.75) is 32.0 Å². The number of hydrogen-bond acceptors (Lipinski definition) is 6. The molecule has 0 unspecified atom stereocenters. The third kappa shape index (κ3) is 6.19. The highest BCUT2D eigenvalue weighted by molar-refractivity contribution is 7.99. The quantitative estimate of drug-likeness (QED) is 0.460. The zero-order valence-electron chi connectivity index (χ0n) is 18.0. The summed E-state index contributed by atoms with van der Waals surface area (Å²) in [4.78, 5) is 12.3. The molecule has 0 bridgehead atoms. The Morgan fingerprint density at radius 1 is 1.16 bits per heavy atom. The van der Waals surface area contributed by atoms with E-state index in [0.29, 0.717) is 18.1 Å². The number of nitrogens with zero attached hydrogens (tertiary/aromatic N) is 3. The van der Waals surface area contributed by atoms with E-state index in [1.54, 1.807) is 18.5 Å². The van der Waals surface area contributed by atoms with E-state index in [-0.39, 0.29) is 23.2 Å². The fourth-order valence-corrected chi connectivity index (χ4v) is 3.73. The normalized spacial score (nSPS) is 10.9. The maximum Gasteiger partial charge on any atom is 0.387 e. The maximum absolute atomic E-state index is 12.6. The minimum atomic E-state index is -2.94. The summed E-state index contributed by atoms with van der Waals surface area (Å²) in [7, 11) is 1.38. The van der Waals surface area contributed by atoms with E-state index in [0.717, 1.165) is 16.8 Å². The number of carbonyl (C=O) groups is 1. The number of carbonyl (C=O) groups excluding carboxylic acids is 1. The van der Waals surface area contributed by atoms with E-state index in [1.807, 2.05) is 36.6 Å². The number of methoxy groups -OCH3 is 1. The number of hydrogen-bond donors (Lipinski definition) is 1. The number of amides is 1. The molecule has 0 atom stereocenters. The first-order valence-electron chi connectivity index (χ1n) is 9.86. The first-order valence-corrected chi connectivity index (χ1v) is 10.8. The van der Waals surface area contributed by atoms with Crippen LogP contribution in [0.15, 0.2) is 47.9 Å². The number of nitrogens with one attached hydrogen (secondary N) is 1. The molecule has 0 aliphatic rings. The molecular weight excluding hydrogens is 438 g/mol. The molecule has 1 amide bonds. The van der Waals surface area contributed by atoms with Crippen LogP contribution in [0, 0.1) is 13.8 Å². The fraction of sp³-hybridized carbons (Fsp3) is 0.318. The first-order chi connectivity index (χ1) is 15.4. The molecule has 0 spiro atoms. The van der Waals surface area contributed by atoms with Gasteiger partial charge in [0.05, 0.1) is 12.9 Å². The van der Waals surface area contributed by atoms with Crippen molar-refractivity contribution in [1.29, 1.82) is 0 Å². The molecule has 1 aromatic heterocycles. The lowest BCUT2D eigenvalue weighted by atomic mass is 10.1. The van der Waals surface area contributed by atoms with Crippen molar-refractivity contribution in [3.63, 3.8) is 0 Å². The van der Waals surface area contributed by atoms with Crippen molar-refractivity contribution in [2.75, 3.05) is 19.4 Å². The SMILES string of the molecule is COc1ccc(CCNC(=O)CSc2nncn2-c2ccc(C)c(C)c2)cc1OC(F)F. The monoisotopic (exact) mass is 462 g/mol. The molecule has 1 heterocycles. The van der Waals surface area contributed by atoms with Crippen LogP contribution < -0.4 is 14.8 Å². The highest BCUT2D eigenvalue weighted by Crippen LogP contribution is 2.29. The van der Waals surface area contributed by atoms with Crippen molar-refractivity contribution in [2.24, 2.45) is 0 Å². The number of aromatic nitrogens is 3. The Morgan fingerprint density at radius 2 is 1.97 bits per heavy atom. The van der Waals surface area contributed by atoms with E-state index in [1.165, 1.54) is 30.5 Å². The fourth-order valence-electron chi connectivity index (χ4n) is 2.97. The third-order valence-corrected chi connectivity index (χ3v) is 5.74. The number of benzene rings is 2. The molecule has 0 aliphatic carbocycles. The number of thioether (sulfide) groups is 1. The lowest BCUT2D eigenvalue weighted by Gasteiger charge is -2.12. The van der Waals surface area contributed by atoms with Crippen LogP contribution in [0.3, 0.4) is 0 Å². The summed E-state index contributed by atoms with van der Waals surface area (Å²) >= 11 is 1.28. The van der Waals surface area contributed by atoms with Gasteiger partial charge in [-0.15, -0.1) is 10.2 Å². The van der Waals surface area contributed by atoms with Crippen molar-refractivity contribution >= 4 is 17.7 Å². The lowest BCUT2D eigenvalue weighted by molar-refractivity contribution is -0.118. The van der Waals surface area contributed by atoms with Gasteiger partial charge in [-0.2, -0.15) is 8.78 Å². The number of halogens is 2. The van der Waals surface area contributed by atoms with Crippen LogP contribution in [-0.2, 0) is 11.2 Å². The molecule has 2 aromatic carbocycles. The first kappa shape index (κ1) is 23.5. The van der Waals surface area contributed by atoms with E-state index in [2.05, 4.69) is 20.3 Å². The second-order valence-corrected chi connectivity index (χ2v) is 7.95. The van der Waals surface area contributed by atoms with Gasteiger partial charge >= 0.3 is 6.61 Å². The van der Waals surface area contributed by atoms with Crippen molar-refractivity contribution in [3.05, 3.63) is 59.4 Å². The van der Waals surface area contributed by atoms with Gasteiger partial charge in [-0.1, -0.05) is 23.9 Å². The van der Waals surface area contributed by atoms with E-state index < -0.39 is 6.61 Å². The molecule has 32 heavy (non-hydrogen) atoms. The lowest BCUT2D eigenvalue weighted by Crippen LogP contribution is -2.27. The molecule has 10 heteroatoms. The smallest absolute Gasteiger partial charge is 0.387 e. The van der Waals surface area contributed by atoms with E-state index in [9.17, 15) is 13.6 Å². The van der Waals surface area contributed by atoms with Crippen molar-refractivity contribution in [1.82, 2.24) is 20.1 Å². The molecule has 0 saturated carbocycles. The number of rotatable bonds is 10. The summed E-state index contributed by atoms with van der Waals surface area (Å²) in [6.07, 6.45) is 2.08. The van der Waals surface area contributed by atoms with Crippen molar-refractivity contribution < 1.29 is 23.0 Å². The average molecular weight is 463 g/mol. The van der Waals surface area contributed by atoms with Crippen LogP contribution >= 0.6 is 11.8 Å². The molecule has 0 saturated heterocycles. The Labute approximate surface area is 189 Å².